The van der Waals surface area contributed by atoms with Gasteiger partial charge in [0, 0.05) is 25.5 Å². The zero-order chi connectivity index (χ0) is 12.9. The minimum absolute atomic E-state index is 0.0892. The molecule has 0 bridgehead atoms. The minimum atomic E-state index is -0.482. The highest BCUT2D eigenvalue weighted by molar-refractivity contribution is 5.86. The summed E-state index contributed by atoms with van der Waals surface area (Å²) in [6, 6.07) is 0.241. The molecule has 1 aromatic heterocycles. The molecule has 18 heavy (non-hydrogen) atoms. The van der Waals surface area contributed by atoms with Crippen LogP contribution in [0.25, 0.3) is 0 Å². The van der Waals surface area contributed by atoms with Crippen LogP contribution in [-0.4, -0.2) is 22.6 Å². The first-order chi connectivity index (χ1) is 8.49. The fraction of sp³-hybridized carbons (Fsp3) is 0.643. The van der Waals surface area contributed by atoms with E-state index in [2.05, 4.69) is 28.4 Å². The summed E-state index contributed by atoms with van der Waals surface area (Å²) in [5.41, 5.74) is 3.87. The van der Waals surface area contributed by atoms with Crippen LogP contribution in [0.4, 0.5) is 0 Å². The number of carbonyl (C=O) groups excluding carboxylic acids is 1. The number of piperazine rings is 1. The molecule has 98 valence electrons. The average Bonchev–Trinajstić information content (AvgIpc) is 2.87. The van der Waals surface area contributed by atoms with Gasteiger partial charge in [-0.3, -0.25) is 10.1 Å². The summed E-state index contributed by atoms with van der Waals surface area (Å²) in [6.45, 7) is 4.58. The third-order valence-corrected chi connectivity index (χ3v) is 4.24. The Balaban J connectivity index is 1.92. The van der Waals surface area contributed by atoms with E-state index in [4.69, 9.17) is 0 Å². The van der Waals surface area contributed by atoms with Crippen molar-refractivity contribution < 1.29 is 4.79 Å². The van der Waals surface area contributed by atoms with Crippen molar-refractivity contribution in [3.05, 3.63) is 23.0 Å². The molecule has 2 heterocycles. The van der Waals surface area contributed by atoms with Gasteiger partial charge in [0.2, 0.25) is 5.91 Å². The average molecular weight is 247 g/mol. The Morgan fingerprint density at radius 1 is 1.39 bits per heavy atom. The number of aryl methyl sites for hydroxylation is 1. The molecule has 1 atom stereocenters. The van der Waals surface area contributed by atoms with Crippen molar-refractivity contribution in [2.45, 2.75) is 44.7 Å². The second-order valence-electron chi connectivity index (χ2n) is 6.01. The number of fused-ring (bicyclic) bond motifs is 1. The van der Waals surface area contributed by atoms with E-state index in [0.717, 1.165) is 0 Å². The molecule has 2 aliphatic rings. The summed E-state index contributed by atoms with van der Waals surface area (Å²) < 4.78 is 2.25. The molecular formula is C14H21N3O. The summed E-state index contributed by atoms with van der Waals surface area (Å²) in [7, 11) is 2.13. The Hall–Kier alpha value is -1.29. The van der Waals surface area contributed by atoms with Crippen LogP contribution in [0.15, 0.2) is 6.20 Å². The lowest BCUT2D eigenvalue weighted by atomic mass is 9.94. The highest BCUT2D eigenvalue weighted by Crippen LogP contribution is 2.32. The van der Waals surface area contributed by atoms with Crippen LogP contribution in [0.1, 0.15) is 43.1 Å². The molecule has 1 saturated heterocycles. The van der Waals surface area contributed by atoms with Gasteiger partial charge in [-0.2, -0.15) is 0 Å². The van der Waals surface area contributed by atoms with E-state index in [0.29, 0.717) is 6.54 Å². The van der Waals surface area contributed by atoms with Crippen molar-refractivity contribution in [1.82, 2.24) is 15.2 Å². The monoisotopic (exact) mass is 247 g/mol. The molecule has 1 aliphatic carbocycles. The van der Waals surface area contributed by atoms with E-state index < -0.39 is 5.54 Å². The first-order valence-electron chi connectivity index (χ1n) is 6.72. The SMILES string of the molecule is Cn1cc(C2CNC(=O)C(C)(C)N2)c2c1CCC2. The highest BCUT2D eigenvalue weighted by Gasteiger charge is 2.37. The van der Waals surface area contributed by atoms with E-state index in [-0.39, 0.29) is 11.9 Å². The Kier molecular flexibility index (Phi) is 2.52. The summed E-state index contributed by atoms with van der Waals surface area (Å²) in [5, 5.41) is 6.49. The summed E-state index contributed by atoms with van der Waals surface area (Å²) in [4.78, 5) is 11.8. The zero-order valence-electron chi connectivity index (χ0n) is 11.3. The molecule has 3 rings (SSSR count). The van der Waals surface area contributed by atoms with Gasteiger partial charge >= 0.3 is 0 Å². The van der Waals surface area contributed by atoms with Crippen molar-refractivity contribution in [3.63, 3.8) is 0 Å². The van der Waals surface area contributed by atoms with Crippen LogP contribution in [0.3, 0.4) is 0 Å². The number of aromatic nitrogens is 1. The Morgan fingerprint density at radius 2 is 2.17 bits per heavy atom. The molecule has 4 heteroatoms. The molecule has 1 amide bonds. The van der Waals surface area contributed by atoms with Crippen LogP contribution in [-0.2, 0) is 24.7 Å². The Labute approximate surface area is 108 Å². The molecular weight excluding hydrogens is 226 g/mol. The van der Waals surface area contributed by atoms with Crippen molar-refractivity contribution in [3.8, 4) is 0 Å². The van der Waals surface area contributed by atoms with Gasteiger partial charge in [-0.15, -0.1) is 0 Å². The predicted octanol–water partition coefficient (Wildman–Crippen LogP) is 1.05. The highest BCUT2D eigenvalue weighted by atomic mass is 16.2. The Morgan fingerprint density at radius 3 is 2.89 bits per heavy atom. The maximum absolute atomic E-state index is 11.8. The maximum Gasteiger partial charge on any atom is 0.239 e. The van der Waals surface area contributed by atoms with Crippen molar-refractivity contribution in [2.24, 2.45) is 7.05 Å². The minimum Gasteiger partial charge on any atom is -0.354 e. The van der Waals surface area contributed by atoms with Crippen LogP contribution >= 0.6 is 0 Å². The molecule has 0 saturated carbocycles. The quantitative estimate of drug-likeness (QED) is 0.779. The number of amides is 1. The van der Waals surface area contributed by atoms with Gasteiger partial charge in [0.25, 0.3) is 0 Å². The number of hydrogen-bond acceptors (Lipinski definition) is 2. The van der Waals surface area contributed by atoms with Gasteiger partial charge in [0.15, 0.2) is 0 Å². The van der Waals surface area contributed by atoms with E-state index in [1.807, 2.05) is 13.8 Å². The maximum atomic E-state index is 11.8. The molecule has 0 aromatic carbocycles. The van der Waals surface area contributed by atoms with Crippen LogP contribution in [0.5, 0.6) is 0 Å². The lowest BCUT2D eigenvalue weighted by Gasteiger charge is -2.36. The third kappa shape index (κ3) is 1.67. The van der Waals surface area contributed by atoms with Gasteiger partial charge in [-0.25, -0.2) is 0 Å². The van der Waals surface area contributed by atoms with Gasteiger partial charge in [-0.1, -0.05) is 0 Å². The molecule has 0 radical (unpaired) electrons. The third-order valence-electron chi connectivity index (χ3n) is 4.24. The zero-order valence-corrected chi connectivity index (χ0v) is 11.3. The van der Waals surface area contributed by atoms with E-state index in [9.17, 15) is 4.79 Å². The fourth-order valence-corrected chi connectivity index (χ4v) is 3.25. The van der Waals surface area contributed by atoms with E-state index >= 15 is 0 Å². The van der Waals surface area contributed by atoms with E-state index in [1.54, 1.807) is 0 Å². The fourth-order valence-electron chi connectivity index (χ4n) is 3.25. The largest absolute Gasteiger partial charge is 0.354 e. The lowest BCUT2D eigenvalue weighted by Crippen LogP contribution is -2.60. The number of rotatable bonds is 1. The molecule has 2 N–H and O–H groups in total. The first kappa shape index (κ1) is 11.8. The second kappa shape index (κ2) is 3.85. The summed E-state index contributed by atoms with van der Waals surface area (Å²) >= 11 is 0. The molecule has 1 aliphatic heterocycles. The number of carbonyl (C=O) groups is 1. The van der Waals surface area contributed by atoms with E-state index in [1.165, 1.54) is 36.1 Å². The normalized spacial score (nSPS) is 25.9. The molecule has 4 nitrogen and oxygen atoms in total. The lowest BCUT2D eigenvalue weighted by molar-refractivity contribution is -0.128. The molecule has 1 fully saturated rings. The number of nitrogens with one attached hydrogen (secondary N) is 2. The smallest absolute Gasteiger partial charge is 0.239 e. The van der Waals surface area contributed by atoms with Crippen molar-refractivity contribution in [1.29, 1.82) is 0 Å². The van der Waals surface area contributed by atoms with Crippen LogP contribution in [0, 0.1) is 0 Å². The summed E-state index contributed by atoms with van der Waals surface area (Å²) in [6.07, 6.45) is 5.86. The number of hydrogen-bond donors (Lipinski definition) is 2. The van der Waals surface area contributed by atoms with Crippen LogP contribution in [0.2, 0.25) is 0 Å². The van der Waals surface area contributed by atoms with Crippen molar-refractivity contribution >= 4 is 5.91 Å². The molecule has 0 spiro atoms. The van der Waals surface area contributed by atoms with Crippen LogP contribution < -0.4 is 10.6 Å². The van der Waals surface area contributed by atoms with Crippen molar-refractivity contribution in [2.75, 3.05) is 6.54 Å². The molecule has 1 unspecified atom stereocenters. The second-order valence-corrected chi connectivity index (χ2v) is 6.01. The van der Waals surface area contributed by atoms with Gasteiger partial charge in [0.1, 0.15) is 0 Å². The summed E-state index contributed by atoms with van der Waals surface area (Å²) in [5.74, 6) is 0.0892. The molecule has 1 aromatic rings. The Bertz CT molecular complexity index is 501. The standard InChI is InChI=1S/C14H21N3O/c1-14(2)13(18)15-7-11(16-14)10-8-17(3)12-6-4-5-9(10)12/h8,11,16H,4-7H2,1-3H3,(H,15,18). The first-order valence-corrected chi connectivity index (χ1v) is 6.72. The number of nitrogens with zero attached hydrogens (tertiary/aromatic N) is 1. The van der Waals surface area contributed by atoms with Gasteiger partial charge in [-0.05, 0) is 44.2 Å². The van der Waals surface area contributed by atoms with Gasteiger partial charge in [0.05, 0.1) is 11.6 Å². The topological polar surface area (TPSA) is 46.1 Å². The van der Waals surface area contributed by atoms with Gasteiger partial charge < -0.3 is 9.88 Å². The predicted molar refractivity (Wildman–Crippen MR) is 70.4 cm³/mol.